The van der Waals surface area contributed by atoms with Crippen LogP contribution >= 0.6 is 21.6 Å². The summed E-state index contributed by atoms with van der Waals surface area (Å²) < 4.78 is 0. The Morgan fingerprint density at radius 2 is 1.71 bits per heavy atom. The van der Waals surface area contributed by atoms with Gasteiger partial charge in [-0.3, -0.25) is 9.69 Å². The smallest absolute Gasteiger partial charge is 0.152 e. The van der Waals surface area contributed by atoms with Crippen LogP contribution in [-0.4, -0.2) is 41.8 Å². The Hall–Kier alpha value is 0.330. The summed E-state index contributed by atoms with van der Waals surface area (Å²) in [5.41, 5.74) is -0.188. The highest BCUT2D eigenvalue weighted by Crippen LogP contribution is 2.24. The second-order valence-electron chi connectivity index (χ2n) is 4.59. The average molecular weight is 233 g/mol. The van der Waals surface area contributed by atoms with Crippen molar-refractivity contribution >= 4 is 27.4 Å². The Morgan fingerprint density at radius 1 is 1.21 bits per heavy atom. The van der Waals surface area contributed by atoms with Gasteiger partial charge in [-0.15, -0.1) is 0 Å². The van der Waals surface area contributed by atoms with Crippen molar-refractivity contribution in [2.24, 2.45) is 5.41 Å². The maximum Gasteiger partial charge on any atom is 0.152 e. The van der Waals surface area contributed by atoms with Gasteiger partial charge in [0.05, 0.1) is 6.54 Å². The molecular weight excluding hydrogens is 214 g/mol. The minimum Gasteiger partial charge on any atom is -0.298 e. The summed E-state index contributed by atoms with van der Waals surface area (Å²) in [6.07, 6.45) is 0. The summed E-state index contributed by atoms with van der Waals surface area (Å²) in [5, 5.41) is 0. The van der Waals surface area contributed by atoms with E-state index < -0.39 is 0 Å². The molecule has 0 N–H and O–H groups in total. The fourth-order valence-corrected chi connectivity index (χ4v) is 3.22. The summed E-state index contributed by atoms with van der Waals surface area (Å²) in [4.78, 5) is 14.1. The SMILES string of the molecule is CC(C)(C)C(=O)CN1CCSSCC1. The predicted molar refractivity (Wildman–Crippen MR) is 65.8 cm³/mol. The predicted octanol–water partition coefficient (Wildman–Crippen LogP) is 2.30. The molecule has 14 heavy (non-hydrogen) atoms. The molecule has 1 aliphatic rings. The van der Waals surface area contributed by atoms with Crippen LogP contribution in [0.2, 0.25) is 0 Å². The van der Waals surface area contributed by atoms with Crippen LogP contribution in [0.3, 0.4) is 0 Å². The van der Waals surface area contributed by atoms with Gasteiger partial charge >= 0.3 is 0 Å². The normalized spacial score (nSPS) is 20.5. The fraction of sp³-hybridized carbons (Fsp3) is 0.900. The first-order valence-corrected chi connectivity index (χ1v) is 7.49. The molecule has 82 valence electrons. The van der Waals surface area contributed by atoms with E-state index in [2.05, 4.69) is 4.90 Å². The van der Waals surface area contributed by atoms with E-state index in [0.717, 1.165) is 24.6 Å². The van der Waals surface area contributed by atoms with Gasteiger partial charge < -0.3 is 0 Å². The molecule has 1 rings (SSSR count). The van der Waals surface area contributed by atoms with Crippen LogP contribution in [0.5, 0.6) is 0 Å². The third-order valence-corrected chi connectivity index (χ3v) is 4.63. The number of hydrogen-bond donors (Lipinski definition) is 0. The maximum atomic E-state index is 11.8. The lowest BCUT2D eigenvalue weighted by Gasteiger charge is -2.23. The Kier molecular flexibility index (Phi) is 4.80. The molecule has 0 aromatic rings. The molecule has 0 aliphatic carbocycles. The van der Waals surface area contributed by atoms with Crippen molar-refractivity contribution in [1.29, 1.82) is 0 Å². The van der Waals surface area contributed by atoms with Gasteiger partial charge in [0.1, 0.15) is 0 Å². The van der Waals surface area contributed by atoms with Crippen molar-refractivity contribution in [3.05, 3.63) is 0 Å². The zero-order valence-corrected chi connectivity index (χ0v) is 10.8. The molecule has 2 nitrogen and oxygen atoms in total. The molecule has 0 amide bonds. The largest absolute Gasteiger partial charge is 0.298 e. The lowest BCUT2D eigenvalue weighted by atomic mass is 9.90. The molecule has 0 saturated carbocycles. The van der Waals surface area contributed by atoms with Crippen molar-refractivity contribution < 1.29 is 4.79 Å². The van der Waals surface area contributed by atoms with Crippen LogP contribution in [0, 0.1) is 5.41 Å². The Labute approximate surface area is 94.6 Å². The molecule has 0 spiro atoms. The standard InChI is InChI=1S/C10H19NOS2/c1-10(2,3)9(12)8-11-4-6-13-14-7-5-11/h4-8H2,1-3H3. The molecule has 1 heterocycles. The van der Waals surface area contributed by atoms with Gasteiger partial charge in [-0.2, -0.15) is 0 Å². The topological polar surface area (TPSA) is 20.3 Å². The Balaban J connectivity index is 2.38. The van der Waals surface area contributed by atoms with Crippen molar-refractivity contribution in [3.63, 3.8) is 0 Å². The van der Waals surface area contributed by atoms with Crippen molar-refractivity contribution in [2.75, 3.05) is 31.1 Å². The number of Topliss-reactive ketones (excluding diaryl/α,β-unsaturated/α-hetero) is 1. The highest BCUT2D eigenvalue weighted by atomic mass is 33.1. The molecule has 0 aromatic heterocycles. The first-order valence-electron chi connectivity index (χ1n) is 5.00. The first kappa shape index (κ1) is 12.4. The summed E-state index contributed by atoms with van der Waals surface area (Å²) in [6.45, 7) is 8.73. The Morgan fingerprint density at radius 3 is 2.14 bits per heavy atom. The summed E-state index contributed by atoms with van der Waals surface area (Å²) in [5.74, 6) is 2.64. The van der Waals surface area contributed by atoms with Crippen molar-refractivity contribution in [2.45, 2.75) is 20.8 Å². The van der Waals surface area contributed by atoms with Crippen LogP contribution in [0.1, 0.15) is 20.8 Å². The highest BCUT2D eigenvalue weighted by Gasteiger charge is 2.23. The molecule has 1 fully saturated rings. The molecular formula is C10H19NOS2. The van der Waals surface area contributed by atoms with Crippen LogP contribution < -0.4 is 0 Å². The van der Waals surface area contributed by atoms with Crippen molar-refractivity contribution in [3.8, 4) is 0 Å². The number of carbonyl (C=O) groups excluding carboxylic acids is 1. The van der Waals surface area contributed by atoms with Gasteiger partial charge in [0.25, 0.3) is 0 Å². The quantitative estimate of drug-likeness (QED) is 0.682. The van der Waals surface area contributed by atoms with E-state index in [1.807, 2.05) is 42.4 Å². The van der Waals surface area contributed by atoms with Crippen molar-refractivity contribution in [1.82, 2.24) is 4.90 Å². The van der Waals surface area contributed by atoms with Crippen LogP contribution in [0.4, 0.5) is 0 Å². The van der Waals surface area contributed by atoms with E-state index in [1.54, 1.807) is 0 Å². The van der Waals surface area contributed by atoms with E-state index >= 15 is 0 Å². The Bertz CT molecular complexity index is 193. The van der Waals surface area contributed by atoms with E-state index in [0.29, 0.717) is 12.3 Å². The summed E-state index contributed by atoms with van der Waals surface area (Å²) in [7, 11) is 3.84. The number of ketones is 1. The second-order valence-corrected chi connectivity index (χ2v) is 7.30. The third-order valence-electron chi connectivity index (χ3n) is 2.27. The average Bonchev–Trinajstić information content (AvgIpc) is 2.31. The summed E-state index contributed by atoms with van der Waals surface area (Å²) in [6, 6.07) is 0. The second kappa shape index (κ2) is 5.42. The van der Waals surface area contributed by atoms with E-state index in [-0.39, 0.29) is 5.41 Å². The lowest BCUT2D eigenvalue weighted by Crippen LogP contribution is -2.37. The van der Waals surface area contributed by atoms with Crippen LogP contribution in [-0.2, 0) is 4.79 Å². The van der Waals surface area contributed by atoms with Gasteiger partial charge in [-0.25, -0.2) is 0 Å². The minimum absolute atomic E-state index is 0.188. The molecule has 0 bridgehead atoms. The monoisotopic (exact) mass is 233 g/mol. The van der Waals surface area contributed by atoms with Crippen LogP contribution in [0.25, 0.3) is 0 Å². The highest BCUT2D eigenvalue weighted by molar-refractivity contribution is 8.76. The molecule has 1 aliphatic heterocycles. The molecule has 0 radical (unpaired) electrons. The first-order chi connectivity index (χ1) is 6.50. The zero-order chi connectivity index (χ0) is 10.6. The molecule has 4 heteroatoms. The number of hydrogen-bond acceptors (Lipinski definition) is 4. The molecule has 0 atom stereocenters. The van der Waals surface area contributed by atoms with E-state index in [4.69, 9.17) is 0 Å². The van der Waals surface area contributed by atoms with Gasteiger partial charge in [0.2, 0.25) is 0 Å². The van der Waals surface area contributed by atoms with Crippen LogP contribution in [0.15, 0.2) is 0 Å². The maximum absolute atomic E-state index is 11.8. The van der Waals surface area contributed by atoms with Gasteiger partial charge in [-0.05, 0) is 0 Å². The number of rotatable bonds is 2. The van der Waals surface area contributed by atoms with Gasteiger partial charge in [-0.1, -0.05) is 42.4 Å². The number of nitrogens with zero attached hydrogens (tertiary/aromatic N) is 1. The molecule has 0 unspecified atom stereocenters. The van der Waals surface area contributed by atoms with E-state index in [1.165, 1.54) is 0 Å². The summed E-state index contributed by atoms with van der Waals surface area (Å²) >= 11 is 0. The third kappa shape index (κ3) is 4.24. The lowest BCUT2D eigenvalue weighted by molar-refractivity contribution is -0.127. The van der Waals surface area contributed by atoms with E-state index in [9.17, 15) is 4.79 Å². The van der Waals surface area contributed by atoms with Gasteiger partial charge in [0.15, 0.2) is 5.78 Å². The van der Waals surface area contributed by atoms with Gasteiger partial charge in [0, 0.05) is 30.0 Å². The molecule has 0 aromatic carbocycles. The fourth-order valence-electron chi connectivity index (χ4n) is 1.16. The number of carbonyl (C=O) groups is 1. The zero-order valence-electron chi connectivity index (χ0n) is 9.21. The molecule has 1 saturated heterocycles. The minimum atomic E-state index is -0.188.